The van der Waals surface area contributed by atoms with Crippen molar-refractivity contribution < 1.29 is 31.9 Å². The van der Waals surface area contributed by atoms with Crippen LogP contribution >= 0.6 is 0 Å². The zero-order valence-electron chi connectivity index (χ0n) is 12.1. The molecular formula is C16H11F4NO3. The molecule has 4 nitrogen and oxygen atoms in total. The van der Waals surface area contributed by atoms with E-state index in [-0.39, 0.29) is 6.07 Å². The Morgan fingerprint density at radius 2 is 2.04 bits per heavy atom. The van der Waals surface area contributed by atoms with Crippen LogP contribution in [0.3, 0.4) is 0 Å². The van der Waals surface area contributed by atoms with Gasteiger partial charge in [0.25, 0.3) is 0 Å². The number of alkyl halides is 3. The summed E-state index contributed by atoms with van der Waals surface area (Å²) in [6, 6.07) is 1.10. The first-order valence-electron chi connectivity index (χ1n) is 6.99. The molecule has 1 aromatic carbocycles. The highest BCUT2D eigenvalue weighted by Crippen LogP contribution is 2.33. The first kappa shape index (κ1) is 16.2. The molecule has 24 heavy (non-hydrogen) atoms. The van der Waals surface area contributed by atoms with Crippen molar-refractivity contribution in [3.63, 3.8) is 0 Å². The molecule has 0 aliphatic carbocycles. The van der Waals surface area contributed by atoms with Gasteiger partial charge >= 0.3 is 12.1 Å². The Balaban J connectivity index is 1.89. The fourth-order valence-corrected chi connectivity index (χ4v) is 2.66. The summed E-state index contributed by atoms with van der Waals surface area (Å²) in [4.78, 5) is 25.8. The van der Waals surface area contributed by atoms with E-state index in [0.717, 1.165) is 6.07 Å². The van der Waals surface area contributed by atoms with Crippen molar-refractivity contribution in [2.75, 3.05) is 6.54 Å². The van der Waals surface area contributed by atoms with Gasteiger partial charge in [0.2, 0.25) is 0 Å². The molecule has 0 saturated heterocycles. The highest BCUT2D eigenvalue weighted by atomic mass is 19.4. The Hall–Kier alpha value is -2.64. The van der Waals surface area contributed by atoms with Gasteiger partial charge in [0.05, 0.1) is 17.2 Å². The average Bonchev–Trinajstić information content (AvgIpc) is 2.97. The van der Waals surface area contributed by atoms with Crippen LogP contribution in [0.25, 0.3) is 0 Å². The van der Waals surface area contributed by atoms with Gasteiger partial charge in [0.1, 0.15) is 5.82 Å². The van der Waals surface area contributed by atoms with Crippen molar-refractivity contribution in [1.82, 2.24) is 4.90 Å². The molecule has 0 radical (unpaired) electrons. The van der Waals surface area contributed by atoms with Gasteiger partial charge < -0.3 is 9.64 Å². The van der Waals surface area contributed by atoms with Gasteiger partial charge in [0.15, 0.2) is 11.9 Å². The van der Waals surface area contributed by atoms with Crippen LogP contribution in [-0.4, -0.2) is 35.3 Å². The number of benzene rings is 1. The summed E-state index contributed by atoms with van der Waals surface area (Å²) in [6.45, 7) is 0.507. The molecule has 0 aromatic heterocycles. The SMILES string of the molecule is O=C(O[C@@H]1C(=O)C=CN2CC=C[C@H]12)c1ccc(F)cc1C(F)(F)F. The van der Waals surface area contributed by atoms with E-state index < -0.39 is 47.0 Å². The second-order valence-corrected chi connectivity index (χ2v) is 5.35. The number of ether oxygens (including phenoxy) is 1. The molecule has 2 atom stereocenters. The van der Waals surface area contributed by atoms with Crippen LogP contribution < -0.4 is 0 Å². The maximum absolute atomic E-state index is 13.1. The Bertz CT molecular complexity index is 754. The number of carbonyl (C=O) groups is 2. The third kappa shape index (κ3) is 2.91. The lowest BCUT2D eigenvalue weighted by atomic mass is 10.0. The minimum atomic E-state index is -4.92. The van der Waals surface area contributed by atoms with Crippen molar-refractivity contribution in [2.45, 2.75) is 18.3 Å². The van der Waals surface area contributed by atoms with E-state index in [0.29, 0.717) is 12.6 Å². The zero-order valence-corrected chi connectivity index (χ0v) is 12.1. The summed E-state index contributed by atoms with van der Waals surface area (Å²) in [6.07, 6.45) is -0.0194. The van der Waals surface area contributed by atoms with Crippen LogP contribution in [0.2, 0.25) is 0 Å². The van der Waals surface area contributed by atoms with Gasteiger partial charge in [-0.3, -0.25) is 4.79 Å². The molecular weight excluding hydrogens is 330 g/mol. The van der Waals surface area contributed by atoms with Crippen molar-refractivity contribution in [3.8, 4) is 0 Å². The first-order chi connectivity index (χ1) is 11.3. The van der Waals surface area contributed by atoms with Crippen LogP contribution in [0, 0.1) is 5.82 Å². The van der Waals surface area contributed by atoms with E-state index in [1.54, 1.807) is 17.1 Å². The van der Waals surface area contributed by atoms with E-state index >= 15 is 0 Å². The monoisotopic (exact) mass is 341 g/mol. The third-order valence-corrected chi connectivity index (χ3v) is 3.79. The van der Waals surface area contributed by atoms with Crippen LogP contribution in [0.1, 0.15) is 15.9 Å². The maximum Gasteiger partial charge on any atom is 0.417 e. The summed E-state index contributed by atoms with van der Waals surface area (Å²) in [5.41, 5.74) is -2.27. The second-order valence-electron chi connectivity index (χ2n) is 5.35. The zero-order chi connectivity index (χ0) is 17.5. The molecule has 0 bridgehead atoms. The van der Waals surface area contributed by atoms with Gasteiger partial charge in [-0.1, -0.05) is 12.2 Å². The Labute approximate surface area is 134 Å². The fraction of sp³-hybridized carbons (Fsp3) is 0.250. The maximum atomic E-state index is 13.1. The summed E-state index contributed by atoms with van der Waals surface area (Å²) >= 11 is 0. The molecule has 0 spiro atoms. The van der Waals surface area contributed by atoms with Crippen molar-refractivity contribution in [1.29, 1.82) is 0 Å². The lowest BCUT2D eigenvalue weighted by molar-refractivity contribution is -0.138. The van der Waals surface area contributed by atoms with Crippen molar-refractivity contribution in [2.24, 2.45) is 0 Å². The van der Waals surface area contributed by atoms with Crippen molar-refractivity contribution in [3.05, 3.63) is 59.6 Å². The lowest BCUT2D eigenvalue weighted by Gasteiger charge is -2.32. The minimum Gasteiger partial charge on any atom is -0.448 e. The smallest absolute Gasteiger partial charge is 0.417 e. The predicted molar refractivity (Wildman–Crippen MR) is 74.4 cm³/mol. The predicted octanol–water partition coefficient (Wildman–Crippen LogP) is 2.71. The van der Waals surface area contributed by atoms with Crippen LogP contribution in [0.4, 0.5) is 17.6 Å². The standard InChI is InChI=1S/C16H11F4NO3/c17-9-3-4-10(11(8-9)16(18,19)20)15(23)24-14-12-2-1-6-21(12)7-5-13(14)22/h1-5,7-8,12,14H,6H2/t12-,14+/m1/s1. The highest BCUT2D eigenvalue weighted by molar-refractivity contribution is 5.99. The Morgan fingerprint density at radius 1 is 1.29 bits per heavy atom. The van der Waals surface area contributed by atoms with E-state index in [4.69, 9.17) is 4.74 Å². The molecule has 2 heterocycles. The summed E-state index contributed by atoms with van der Waals surface area (Å²) < 4.78 is 57.1. The molecule has 1 aromatic rings. The highest BCUT2D eigenvalue weighted by Gasteiger charge is 2.40. The number of ketones is 1. The van der Waals surface area contributed by atoms with E-state index in [1.807, 2.05) is 0 Å². The third-order valence-electron chi connectivity index (χ3n) is 3.79. The first-order valence-corrected chi connectivity index (χ1v) is 6.99. The molecule has 0 amide bonds. The summed E-state index contributed by atoms with van der Waals surface area (Å²) in [5.74, 6) is -2.97. The van der Waals surface area contributed by atoms with Gasteiger partial charge in [-0.05, 0) is 18.2 Å². The van der Waals surface area contributed by atoms with E-state index in [1.165, 1.54) is 12.3 Å². The number of carbonyl (C=O) groups excluding carboxylic acids is 2. The molecule has 2 aliphatic heterocycles. The van der Waals surface area contributed by atoms with Crippen molar-refractivity contribution >= 4 is 11.8 Å². The van der Waals surface area contributed by atoms with E-state index in [2.05, 4.69) is 0 Å². The summed E-state index contributed by atoms with van der Waals surface area (Å²) in [7, 11) is 0. The molecule has 0 N–H and O–H groups in total. The number of fused-ring (bicyclic) bond motifs is 1. The number of hydrogen-bond acceptors (Lipinski definition) is 4. The summed E-state index contributed by atoms with van der Waals surface area (Å²) in [5, 5.41) is 0. The number of rotatable bonds is 2. The minimum absolute atomic E-state index is 0.223. The average molecular weight is 341 g/mol. The van der Waals surface area contributed by atoms with Crippen LogP contribution in [0.5, 0.6) is 0 Å². The van der Waals surface area contributed by atoms with Gasteiger partial charge in [-0.15, -0.1) is 0 Å². The van der Waals surface area contributed by atoms with Gasteiger partial charge in [0, 0.05) is 18.8 Å². The number of halogens is 4. The van der Waals surface area contributed by atoms with E-state index in [9.17, 15) is 27.2 Å². The molecule has 0 unspecified atom stereocenters. The number of nitrogens with zero attached hydrogens (tertiary/aromatic N) is 1. The van der Waals surface area contributed by atoms with Crippen LogP contribution in [-0.2, 0) is 15.7 Å². The molecule has 3 rings (SSSR count). The number of hydrogen-bond donors (Lipinski definition) is 0. The number of esters is 1. The Kier molecular flexibility index (Phi) is 3.90. The normalized spacial score (nSPS) is 22.7. The molecule has 0 saturated carbocycles. The van der Waals surface area contributed by atoms with Gasteiger partial charge in [-0.25, -0.2) is 9.18 Å². The lowest BCUT2D eigenvalue weighted by Crippen LogP contribution is -2.46. The molecule has 0 fully saturated rings. The topological polar surface area (TPSA) is 46.6 Å². The van der Waals surface area contributed by atoms with Crippen LogP contribution in [0.15, 0.2) is 42.6 Å². The second kappa shape index (κ2) is 5.77. The quantitative estimate of drug-likeness (QED) is 0.471. The molecule has 2 aliphatic rings. The van der Waals surface area contributed by atoms with Gasteiger partial charge in [-0.2, -0.15) is 13.2 Å². The molecule has 126 valence electrons. The largest absolute Gasteiger partial charge is 0.448 e. The molecule has 8 heteroatoms. The fourth-order valence-electron chi connectivity index (χ4n) is 2.66. The Morgan fingerprint density at radius 3 is 2.75 bits per heavy atom.